The van der Waals surface area contributed by atoms with Crippen LogP contribution in [0.4, 0.5) is 18.0 Å². The van der Waals surface area contributed by atoms with Crippen molar-refractivity contribution >= 4 is 6.09 Å². The minimum Gasteiger partial charge on any atom is -0.444 e. The summed E-state index contributed by atoms with van der Waals surface area (Å²) in [4.78, 5) is 15.8. The second-order valence-electron chi connectivity index (χ2n) is 7.92. The van der Waals surface area contributed by atoms with Gasteiger partial charge in [0, 0.05) is 32.2 Å². The number of piperazine rings is 1. The van der Waals surface area contributed by atoms with Gasteiger partial charge in [-0.15, -0.1) is 0 Å². The zero-order chi connectivity index (χ0) is 19.7. The fourth-order valence-corrected chi connectivity index (χ4v) is 3.10. The Morgan fingerprint density at radius 1 is 1.23 bits per heavy atom. The molecule has 7 heteroatoms. The lowest BCUT2D eigenvalue weighted by Gasteiger charge is -2.40. The molecule has 0 saturated carbocycles. The van der Waals surface area contributed by atoms with Crippen molar-refractivity contribution in [2.45, 2.75) is 59.0 Å². The molecule has 1 saturated heterocycles. The summed E-state index contributed by atoms with van der Waals surface area (Å²) >= 11 is 0. The molecule has 1 fully saturated rings. The van der Waals surface area contributed by atoms with E-state index in [0.717, 1.165) is 0 Å². The van der Waals surface area contributed by atoms with Gasteiger partial charge in [-0.1, -0.05) is 17.7 Å². The largest absolute Gasteiger partial charge is 0.444 e. The molecular weight excluding hydrogens is 345 g/mol. The number of ether oxygens (including phenoxy) is 1. The van der Waals surface area contributed by atoms with E-state index < -0.39 is 17.3 Å². The fraction of sp³-hybridized carbons (Fsp3) is 0.632. The molecule has 1 atom stereocenters. The Morgan fingerprint density at radius 2 is 1.88 bits per heavy atom. The highest BCUT2D eigenvalue weighted by Gasteiger charge is 2.35. The highest BCUT2D eigenvalue weighted by Crippen LogP contribution is 2.33. The second-order valence-corrected chi connectivity index (χ2v) is 7.92. The lowest BCUT2D eigenvalue weighted by Crippen LogP contribution is -2.54. The lowest BCUT2D eigenvalue weighted by molar-refractivity contribution is -0.138. The fourth-order valence-electron chi connectivity index (χ4n) is 3.10. The SMILES string of the molecule is Cc1ccc(CN2CCN(C(=O)OC(C)(C)C)[C@@H](C)C2)c(C(F)(F)F)c1. The van der Waals surface area contributed by atoms with Crippen LogP contribution in [-0.2, 0) is 17.5 Å². The number of halogens is 3. The summed E-state index contributed by atoms with van der Waals surface area (Å²) in [5.41, 5.74) is -0.304. The van der Waals surface area contributed by atoms with Gasteiger partial charge in [-0.2, -0.15) is 13.2 Å². The van der Waals surface area contributed by atoms with Gasteiger partial charge in [0.2, 0.25) is 0 Å². The summed E-state index contributed by atoms with van der Waals surface area (Å²) in [7, 11) is 0. The Morgan fingerprint density at radius 3 is 2.42 bits per heavy atom. The minimum atomic E-state index is -4.37. The maximum atomic E-state index is 13.3. The highest BCUT2D eigenvalue weighted by atomic mass is 19.4. The number of rotatable bonds is 2. The molecule has 0 unspecified atom stereocenters. The summed E-state index contributed by atoms with van der Waals surface area (Å²) in [6.45, 7) is 10.6. The van der Waals surface area contributed by atoms with E-state index in [1.165, 1.54) is 6.07 Å². The van der Waals surface area contributed by atoms with Crippen LogP contribution in [0.15, 0.2) is 18.2 Å². The van der Waals surface area contributed by atoms with Crippen LogP contribution in [0, 0.1) is 6.92 Å². The molecule has 0 aromatic heterocycles. The second kappa shape index (κ2) is 7.47. The van der Waals surface area contributed by atoms with Crippen molar-refractivity contribution in [2.24, 2.45) is 0 Å². The topological polar surface area (TPSA) is 32.8 Å². The number of carbonyl (C=O) groups excluding carboxylic acids is 1. The molecule has 0 radical (unpaired) electrons. The van der Waals surface area contributed by atoms with Gasteiger partial charge < -0.3 is 9.64 Å². The van der Waals surface area contributed by atoms with E-state index in [2.05, 4.69) is 0 Å². The van der Waals surface area contributed by atoms with E-state index in [9.17, 15) is 18.0 Å². The van der Waals surface area contributed by atoms with Crippen LogP contribution in [0.5, 0.6) is 0 Å². The molecule has 1 heterocycles. The predicted molar refractivity (Wildman–Crippen MR) is 93.9 cm³/mol. The molecule has 26 heavy (non-hydrogen) atoms. The van der Waals surface area contributed by atoms with E-state index >= 15 is 0 Å². The molecule has 0 N–H and O–H groups in total. The summed E-state index contributed by atoms with van der Waals surface area (Å²) in [6, 6.07) is 4.31. The summed E-state index contributed by atoms with van der Waals surface area (Å²) in [5, 5.41) is 0. The van der Waals surface area contributed by atoms with Crippen molar-refractivity contribution in [1.29, 1.82) is 0 Å². The van der Waals surface area contributed by atoms with Gasteiger partial charge in [-0.05, 0) is 46.2 Å². The third-order valence-corrected chi connectivity index (χ3v) is 4.30. The summed E-state index contributed by atoms with van der Waals surface area (Å²) in [6.07, 6.45) is -4.75. The van der Waals surface area contributed by atoms with Gasteiger partial charge in [-0.3, -0.25) is 4.90 Å². The van der Waals surface area contributed by atoms with Crippen LogP contribution in [0.3, 0.4) is 0 Å². The molecule has 1 amide bonds. The summed E-state index contributed by atoms with van der Waals surface area (Å²) in [5.74, 6) is 0. The van der Waals surface area contributed by atoms with Crippen molar-refractivity contribution in [1.82, 2.24) is 9.80 Å². The van der Waals surface area contributed by atoms with E-state index in [0.29, 0.717) is 25.2 Å². The average Bonchev–Trinajstić information content (AvgIpc) is 2.46. The standard InChI is InChI=1S/C19H27F3N2O2/c1-13-6-7-15(16(10-13)19(20,21)22)12-23-8-9-24(14(2)11-23)17(25)26-18(3,4)5/h6-7,10,14H,8-9,11-12H2,1-5H3/t14-/m0/s1. The Kier molecular flexibility index (Phi) is 5.90. The minimum absolute atomic E-state index is 0.126. The van der Waals surface area contributed by atoms with E-state index in [1.54, 1.807) is 24.0 Å². The molecule has 1 aromatic rings. The molecule has 146 valence electrons. The van der Waals surface area contributed by atoms with Gasteiger partial charge in [0.1, 0.15) is 5.60 Å². The molecule has 0 spiro atoms. The van der Waals surface area contributed by atoms with Crippen molar-refractivity contribution < 1.29 is 22.7 Å². The van der Waals surface area contributed by atoms with Gasteiger partial charge >= 0.3 is 12.3 Å². The third-order valence-electron chi connectivity index (χ3n) is 4.30. The maximum Gasteiger partial charge on any atom is 0.416 e. The van der Waals surface area contributed by atoms with Crippen LogP contribution in [0.1, 0.15) is 44.4 Å². The smallest absolute Gasteiger partial charge is 0.416 e. The van der Waals surface area contributed by atoms with Crippen LogP contribution in [-0.4, -0.2) is 47.2 Å². The highest BCUT2D eigenvalue weighted by molar-refractivity contribution is 5.68. The zero-order valence-electron chi connectivity index (χ0n) is 16.0. The summed E-state index contributed by atoms with van der Waals surface area (Å²) < 4.78 is 45.3. The van der Waals surface area contributed by atoms with Crippen molar-refractivity contribution in [2.75, 3.05) is 19.6 Å². The van der Waals surface area contributed by atoms with E-state index in [1.807, 2.05) is 32.6 Å². The van der Waals surface area contributed by atoms with Gasteiger partial charge in [0.05, 0.1) is 5.56 Å². The van der Waals surface area contributed by atoms with E-state index in [-0.39, 0.29) is 24.2 Å². The zero-order valence-corrected chi connectivity index (χ0v) is 16.0. The molecule has 0 bridgehead atoms. The van der Waals surface area contributed by atoms with E-state index in [4.69, 9.17) is 4.74 Å². The number of aryl methyl sites for hydroxylation is 1. The first kappa shape index (κ1) is 20.6. The predicted octanol–water partition coefficient (Wildman–Crippen LogP) is 4.46. The van der Waals surface area contributed by atoms with Crippen LogP contribution in [0.25, 0.3) is 0 Å². The molecule has 1 aliphatic rings. The molecule has 2 rings (SSSR count). The number of hydrogen-bond acceptors (Lipinski definition) is 3. The normalized spacial score (nSPS) is 19.5. The Bertz CT molecular complexity index is 653. The van der Waals surface area contributed by atoms with Gasteiger partial charge in [0.15, 0.2) is 0 Å². The van der Waals surface area contributed by atoms with Gasteiger partial charge in [-0.25, -0.2) is 4.79 Å². The Labute approximate surface area is 152 Å². The Hall–Kier alpha value is -1.76. The van der Waals surface area contributed by atoms with Crippen LogP contribution < -0.4 is 0 Å². The molecule has 4 nitrogen and oxygen atoms in total. The number of amides is 1. The van der Waals surface area contributed by atoms with Crippen molar-refractivity contribution in [3.05, 3.63) is 34.9 Å². The maximum absolute atomic E-state index is 13.3. The number of nitrogens with zero attached hydrogens (tertiary/aromatic N) is 2. The first-order valence-electron chi connectivity index (χ1n) is 8.75. The first-order chi connectivity index (χ1) is 11.9. The average molecular weight is 372 g/mol. The van der Waals surface area contributed by atoms with Gasteiger partial charge in [0.25, 0.3) is 0 Å². The first-order valence-corrected chi connectivity index (χ1v) is 8.75. The monoisotopic (exact) mass is 372 g/mol. The molecular formula is C19H27F3N2O2. The Balaban J connectivity index is 2.06. The van der Waals surface area contributed by atoms with Crippen molar-refractivity contribution in [3.8, 4) is 0 Å². The molecule has 0 aliphatic carbocycles. The van der Waals surface area contributed by atoms with Crippen molar-refractivity contribution in [3.63, 3.8) is 0 Å². The number of hydrogen-bond donors (Lipinski definition) is 0. The molecule has 1 aromatic carbocycles. The number of alkyl halides is 3. The third kappa shape index (κ3) is 5.37. The number of benzene rings is 1. The number of carbonyl (C=O) groups is 1. The quantitative estimate of drug-likeness (QED) is 0.769. The van der Waals surface area contributed by atoms with Crippen LogP contribution in [0.2, 0.25) is 0 Å². The lowest BCUT2D eigenvalue weighted by atomic mass is 10.0. The van der Waals surface area contributed by atoms with Crippen LogP contribution >= 0.6 is 0 Å². The molecule has 1 aliphatic heterocycles.